The molecular weight excluding hydrogens is 541 g/mol. The van der Waals surface area contributed by atoms with E-state index in [9.17, 15) is 8.42 Å². The van der Waals surface area contributed by atoms with Crippen LogP contribution in [-0.2, 0) is 29.4 Å². The van der Waals surface area contributed by atoms with E-state index in [2.05, 4.69) is 27.5 Å². The van der Waals surface area contributed by atoms with Gasteiger partial charge in [-0.1, -0.05) is 20.8 Å². The van der Waals surface area contributed by atoms with Gasteiger partial charge >= 0.3 is 0 Å². The number of hydrogen-bond acceptors (Lipinski definition) is 6. The molecule has 0 fully saturated rings. The Hall–Kier alpha value is -0.760. The van der Waals surface area contributed by atoms with Crippen molar-refractivity contribution in [1.82, 2.24) is 19.9 Å². The van der Waals surface area contributed by atoms with Gasteiger partial charge in [-0.15, -0.1) is 46.7 Å². The third kappa shape index (κ3) is 7.46. The van der Waals surface area contributed by atoms with Gasteiger partial charge in [0.25, 0.3) is 10.0 Å². The van der Waals surface area contributed by atoms with Gasteiger partial charge in [0.1, 0.15) is 9.22 Å². The number of nitrogens with zero attached hydrogens (tertiary/aromatic N) is 3. The highest BCUT2D eigenvalue weighted by Crippen LogP contribution is 2.25. The van der Waals surface area contributed by atoms with Gasteiger partial charge in [0.2, 0.25) is 0 Å². The maximum absolute atomic E-state index is 12.6. The van der Waals surface area contributed by atoms with Crippen molar-refractivity contribution in [3.63, 3.8) is 0 Å². The summed E-state index contributed by atoms with van der Waals surface area (Å²) in [6.07, 6.45) is 3.65. The molecule has 11 heteroatoms. The van der Waals surface area contributed by atoms with Crippen molar-refractivity contribution in [1.29, 1.82) is 0 Å². The van der Waals surface area contributed by atoms with Crippen molar-refractivity contribution in [2.45, 2.75) is 44.4 Å². The molecule has 2 aromatic rings. The van der Waals surface area contributed by atoms with Crippen molar-refractivity contribution in [2.24, 2.45) is 4.99 Å². The molecule has 2 rings (SSSR count). The van der Waals surface area contributed by atoms with Crippen molar-refractivity contribution in [3.8, 4) is 0 Å². The molecule has 2 aromatic heterocycles. The SMILES string of the molecule is CCc1cnc(CNC(=NC)NCCc2ccc(S(=O)(=O)N(CC)CC)s2)s1.I. The first-order valence-electron chi connectivity index (χ1n) is 9.41. The molecule has 0 atom stereocenters. The summed E-state index contributed by atoms with van der Waals surface area (Å²) in [6, 6.07) is 3.59. The highest BCUT2D eigenvalue weighted by atomic mass is 127. The number of guanidine groups is 1. The topological polar surface area (TPSA) is 86.7 Å². The number of rotatable bonds is 10. The van der Waals surface area contributed by atoms with Gasteiger partial charge in [-0.05, 0) is 25.0 Å². The lowest BCUT2D eigenvalue weighted by Gasteiger charge is -2.16. The molecule has 0 saturated carbocycles. The lowest BCUT2D eigenvalue weighted by Crippen LogP contribution is -2.37. The van der Waals surface area contributed by atoms with Crippen LogP contribution < -0.4 is 10.6 Å². The zero-order chi connectivity index (χ0) is 20.6. The standard InChI is InChI=1S/C18H29N5O2S3.HI/c1-5-14-12-21-16(26-14)13-22-18(19-4)20-11-10-15-8-9-17(27-15)28(24,25)23(6-2)7-3;/h8-9,12H,5-7,10-11,13H2,1-4H3,(H2,19,20,22);1H. The smallest absolute Gasteiger partial charge is 0.252 e. The predicted octanol–water partition coefficient (Wildman–Crippen LogP) is 3.32. The molecule has 0 aliphatic carbocycles. The first-order chi connectivity index (χ1) is 13.4. The van der Waals surface area contributed by atoms with Crippen LogP contribution in [0.5, 0.6) is 0 Å². The molecule has 0 unspecified atom stereocenters. The van der Waals surface area contributed by atoms with E-state index >= 15 is 0 Å². The highest BCUT2D eigenvalue weighted by Gasteiger charge is 2.23. The number of thiazole rings is 1. The molecule has 7 nitrogen and oxygen atoms in total. The average Bonchev–Trinajstić information content (AvgIpc) is 3.35. The molecular formula is C18H30IN5O2S3. The Morgan fingerprint density at radius 1 is 1.14 bits per heavy atom. The first kappa shape index (κ1) is 26.3. The maximum atomic E-state index is 12.6. The summed E-state index contributed by atoms with van der Waals surface area (Å²) in [4.78, 5) is 10.9. The van der Waals surface area contributed by atoms with Gasteiger partial charge < -0.3 is 10.6 Å². The predicted molar refractivity (Wildman–Crippen MR) is 133 cm³/mol. The minimum atomic E-state index is -3.38. The number of hydrogen-bond donors (Lipinski definition) is 2. The lowest BCUT2D eigenvalue weighted by atomic mass is 10.3. The van der Waals surface area contributed by atoms with Crippen molar-refractivity contribution < 1.29 is 8.42 Å². The number of halogens is 1. The minimum absolute atomic E-state index is 0. The summed E-state index contributed by atoms with van der Waals surface area (Å²) in [5, 5.41) is 7.55. The van der Waals surface area contributed by atoms with Crippen LogP contribution >= 0.6 is 46.7 Å². The molecule has 2 N–H and O–H groups in total. The summed E-state index contributed by atoms with van der Waals surface area (Å²) >= 11 is 3.04. The minimum Gasteiger partial charge on any atom is -0.356 e. The quantitative estimate of drug-likeness (QED) is 0.260. The largest absolute Gasteiger partial charge is 0.356 e. The molecule has 0 saturated heterocycles. The molecule has 2 heterocycles. The summed E-state index contributed by atoms with van der Waals surface area (Å²) in [6.45, 7) is 8.09. The summed E-state index contributed by atoms with van der Waals surface area (Å²) in [5.74, 6) is 0.709. The molecule has 0 bridgehead atoms. The van der Waals surface area contributed by atoms with Gasteiger partial charge in [-0.3, -0.25) is 4.99 Å². The number of aliphatic imine (C=N–C) groups is 1. The molecule has 0 amide bonds. The summed E-state index contributed by atoms with van der Waals surface area (Å²) in [7, 11) is -1.65. The number of nitrogens with one attached hydrogen (secondary N) is 2. The van der Waals surface area contributed by atoms with Gasteiger partial charge in [0.15, 0.2) is 5.96 Å². The van der Waals surface area contributed by atoms with Crippen LogP contribution in [0, 0.1) is 0 Å². The van der Waals surface area contributed by atoms with Gasteiger partial charge in [-0.25, -0.2) is 13.4 Å². The molecule has 0 aliphatic rings. The zero-order valence-corrected chi connectivity index (χ0v) is 22.0. The normalized spacial score (nSPS) is 12.1. The Morgan fingerprint density at radius 2 is 1.86 bits per heavy atom. The van der Waals surface area contributed by atoms with E-state index in [1.54, 1.807) is 24.5 Å². The fourth-order valence-corrected chi connectivity index (χ4v) is 6.37. The second kappa shape index (κ2) is 12.8. The summed E-state index contributed by atoms with van der Waals surface area (Å²) < 4.78 is 27.0. The molecule has 0 aromatic carbocycles. The fraction of sp³-hybridized carbons (Fsp3) is 0.556. The van der Waals surface area contributed by atoms with Crippen LogP contribution in [0.4, 0.5) is 0 Å². The second-order valence-electron chi connectivity index (χ2n) is 5.99. The number of aryl methyl sites for hydroxylation is 1. The van der Waals surface area contributed by atoms with Crippen LogP contribution in [-0.4, -0.2) is 50.3 Å². The van der Waals surface area contributed by atoms with E-state index in [4.69, 9.17) is 0 Å². The van der Waals surface area contributed by atoms with E-state index in [1.807, 2.05) is 26.1 Å². The Morgan fingerprint density at radius 3 is 2.45 bits per heavy atom. The number of thiophene rings is 1. The second-order valence-corrected chi connectivity index (χ2v) is 10.5. The molecule has 0 aliphatic heterocycles. The molecule has 164 valence electrons. The van der Waals surface area contributed by atoms with Crippen molar-refractivity contribution >= 4 is 62.6 Å². The Kier molecular flexibility index (Phi) is 11.6. The lowest BCUT2D eigenvalue weighted by molar-refractivity contribution is 0.447. The highest BCUT2D eigenvalue weighted by molar-refractivity contribution is 14.0. The van der Waals surface area contributed by atoms with E-state index in [0.29, 0.717) is 36.3 Å². The van der Waals surface area contributed by atoms with Gasteiger partial charge in [0, 0.05) is 42.6 Å². The van der Waals surface area contributed by atoms with Crippen LogP contribution in [0.2, 0.25) is 0 Å². The van der Waals surface area contributed by atoms with Crippen molar-refractivity contribution in [3.05, 3.63) is 33.1 Å². The van der Waals surface area contributed by atoms with Crippen LogP contribution in [0.1, 0.15) is 35.5 Å². The maximum Gasteiger partial charge on any atom is 0.252 e. The molecule has 29 heavy (non-hydrogen) atoms. The van der Waals surface area contributed by atoms with E-state index in [0.717, 1.165) is 22.7 Å². The van der Waals surface area contributed by atoms with E-state index in [-0.39, 0.29) is 24.0 Å². The first-order valence-corrected chi connectivity index (χ1v) is 12.5. The number of sulfonamides is 1. The summed E-state index contributed by atoms with van der Waals surface area (Å²) in [5.41, 5.74) is 0. The van der Waals surface area contributed by atoms with Crippen LogP contribution in [0.15, 0.2) is 27.5 Å². The van der Waals surface area contributed by atoms with Crippen molar-refractivity contribution in [2.75, 3.05) is 26.7 Å². The van der Waals surface area contributed by atoms with Gasteiger partial charge in [0.05, 0.1) is 6.54 Å². The Balaban J connectivity index is 0.00000420. The van der Waals surface area contributed by atoms with Crippen LogP contribution in [0.3, 0.4) is 0 Å². The van der Waals surface area contributed by atoms with E-state index in [1.165, 1.54) is 20.5 Å². The number of aromatic nitrogens is 1. The third-order valence-corrected chi connectivity index (χ3v) is 8.98. The zero-order valence-electron chi connectivity index (χ0n) is 17.3. The molecule has 0 spiro atoms. The Bertz CT molecular complexity index is 876. The average molecular weight is 572 g/mol. The van der Waals surface area contributed by atoms with Gasteiger partial charge in [-0.2, -0.15) is 4.31 Å². The Labute approximate surface area is 199 Å². The van der Waals surface area contributed by atoms with Crippen LogP contribution in [0.25, 0.3) is 0 Å². The monoisotopic (exact) mass is 571 g/mol. The third-order valence-electron chi connectivity index (χ3n) is 4.18. The van der Waals surface area contributed by atoms with E-state index < -0.39 is 10.0 Å². The molecule has 0 radical (unpaired) electrons. The fourth-order valence-electron chi connectivity index (χ4n) is 2.60.